The first-order valence-electron chi connectivity index (χ1n) is 16.4. The first kappa shape index (κ1) is 77.5. The number of nitrogens with two attached hydrogens (primary N) is 3. The maximum atomic E-state index is 10.1. The minimum absolute atomic E-state index is 0.0184. The molecule has 350 valence electrons. The summed E-state index contributed by atoms with van der Waals surface area (Å²) in [5.41, 5.74) is 9.27. The van der Waals surface area contributed by atoms with Crippen molar-refractivity contribution in [1.82, 2.24) is 0 Å². The second-order valence-electron chi connectivity index (χ2n) is 9.09. The van der Waals surface area contributed by atoms with E-state index < -0.39 is 30.3 Å². The number of hydrogen-bond donors (Lipinski definition) is 7. The molecule has 2 amide bonds. The summed E-state index contributed by atoms with van der Waals surface area (Å²) in [4.78, 5) is 61.9. The number of aliphatic carboxylic acids is 1. The molecule has 0 aliphatic carbocycles. The first-order valence-corrected chi connectivity index (χ1v) is 16.4. The molecule has 0 saturated heterocycles. The van der Waals surface area contributed by atoms with E-state index in [1.807, 2.05) is 20.8 Å². The fourth-order valence-electron chi connectivity index (χ4n) is 1.43. The van der Waals surface area contributed by atoms with Crippen molar-refractivity contribution in [2.45, 2.75) is 65.1 Å². The highest BCUT2D eigenvalue weighted by molar-refractivity contribution is 5.73. The lowest BCUT2D eigenvalue weighted by Crippen LogP contribution is -2.14. The number of rotatable bonds is 17. The summed E-state index contributed by atoms with van der Waals surface area (Å²) in [7, 11) is 15.7. The van der Waals surface area contributed by atoms with Crippen molar-refractivity contribution in [1.29, 1.82) is 0 Å². The number of carboxylic acid groups (broad SMARTS) is 1. The molecule has 0 aromatic rings. The second-order valence-corrected chi connectivity index (χ2v) is 9.09. The first-order chi connectivity index (χ1) is 26.8. The Hall–Kier alpha value is -3.98. The standard InChI is InChI=1S/C5H11NO2.C5H12O3.C5H10O3.C4H9NO3.C4H10O.C3H6O3.C2H5NO2.C2H4O2.C2H6O.CH4O/c1-8-4-2-3-5(6)7;1-8-4-5(7)2-3-6;1-3-4-8-5(6)7-2;1-7-3-2-4(6)8-5;1-4(2)5-3;1-6-2-3(4)5;1-5-2(3)4;1-4-2-3;1-3-2;1-2/h2-4H2,1H3,(H2,6,7);5-7H,2-4H2,1H3;3-4H2,1-2H3;2-3,5H2,1H3;4H,1-3H3;2H2,1H3,(H,4,5);1H3,(H2,3,4);2H,1H3;1-2H3;2H,1H3. The van der Waals surface area contributed by atoms with Crippen LogP contribution in [0.2, 0.25) is 0 Å². The largest absolute Gasteiger partial charge is 0.507 e. The van der Waals surface area contributed by atoms with Crippen molar-refractivity contribution < 1.29 is 101 Å². The Morgan fingerprint density at radius 3 is 1.40 bits per heavy atom. The Labute approximate surface area is 338 Å². The summed E-state index contributed by atoms with van der Waals surface area (Å²) in [6, 6.07) is 0. The highest BCUT2D eigenvalue weighted by Crippen LogP contribution is 1.88. The quantitative estimate of drug-likeness (QED) is 0.0333. The molecule has 1 unspecified atom stereocenters. The highest BCUT2D eigenvalue weighted by atomic mass is 16.7. The summed E-state index contributed by atoms with van der Waals surface area (Å²) in [5, 5.41) is 31.8. The zero-order valence-electron chi connectivity index (χ0n) is 36.5. The SMILES string of the molecule is CCCOC(=O)OC.CO.COC.COC(C)C.COC(N)=O.COC=O.COCC(=O)O.COCC(O)CCO.COCCC(=O)ON.COCCCC(N)=O. The van der Waals surface area contributed by atoms with Crippen molar-refractivity contribution >= 4 is 36.6 Å². The fraction of sp³-hybridized carbons (Fsp3) is 0.818. The Kier molecular flexibility index (Phi) is 115. The molecule has 10 N–H and O–H groups in total. The summed E-state index contributed by atoms with van der Waals surface area (Å²) in [6.07, 6.45) is 1.12. The summed E-state index contributed by atoms with van der Waals surface area (Å²) in [6.45, 7) is 7.82. The predicted octanol–water partition coefficient (Wildman–Crippen LogP) is 0.0240. The van der Waals surface area contributed by atoms with Crippen LogP contribution in [0.3, 0.4) is 0 Å². The zero-order chi connectivity index (χ0) is 47.3. The number of carbonyl (C=O) groups is 6. The van der Waals surface area contributed by atoms with E-state index in [0.717, 1.165) is 20.0 Å². The van der Waals surface area contributed by atoms with Gasteiger partial charge in [0.1, 0.15) is 6.61 Å². The van der Waals surface area contributed by atoms with Gasteiger partial charge in [-0.05, 0) is 33.1 Å². The van der Waals surface area contributed by atoms with Crippen molar-refractivity contribution in [2.24, 2.45) is 17.4 Å². The van der Waals surface area contributed by atoms with Crippen LogP contribution in [0.15, 0.2) is 0 Å². The molecule has 0 fully saturated rings. The maximum absolute atomic E-state index is 10.1. The molecule has 24 heteroatoms. The second kappa shape index (κ2) is 84.5. The molecular formula is C33H77N3O21. The molecule has 0 bridgehead atoms. The van der Waals surface area contributed by atoms with Crippen molar-refractivity contribution in [3.8, 4) is 0 Å². The van der Waals surface area contributed by atoms with E-state index in [1.165, 1.54) is 42.7 Å². The monoisotopic (exact) mass is 852 g/mol. The third kappa shape index (κ3) is 178. The molecule has 57 heavy (non-hydrogen) atoms. The van der Waals surface area contributed by atoms with Gasteiger partial charge in [-0.1, -0.05) is 6.92 Å². The summed E-state index contributed by atoms with van der Waals surface area (Å²) < 4.78 is 43.5. The molecule has 0 aromatic carbocycles. The lowest BCUT2D eigenvalue weighted by Gasteiger charge is -2.04. The maximum Gasteiger partial charge on any atom is 0.507 e. The van der Waals surface area contributed by atoms with E-state index in [9.17, 15) is 24.0 Å². The van der Waals surface area contributed by atoms with Gasteiger partial charge in [-0.25, -0.2) is 14.4 Å². The van der Waals surface area contributed by atoms with E-state index in [2.05, 4.69) is 59.1 Å². The number of primary amides is 2. The number of aliphatic hydroxyl groups excluding tert-OH is 3. The van der Waals surface area contributed by atoms with Gasteiger partial charge in [-0.3, -0.25) is 14.4 Å². The van der Waals surface area contributed by atoms with Crippen LogP contribution in [-0.4, -0.2) is 187 Å². The van der Waals surface area contributed by atoms with Crippen LogP contribution < -0.4 is 17.4 Å². The van der Waals surface area contributed by atoms with Crippen LogP contribution in [0.5, 0.6) is 0 Å². The van der Waals surface area contributed by atoms with Gasteiger partial charge in [0.05, 0.1) is 59.8 Å². The van der Waals surface area contributed by atoms with Gasteiger partial charge < -0.3 is 84.1 Å². The average Bonchev–Trinajstić information content (AvgIpc) is 3.18. The van der Waals surface area contributed by atoms with Gasteiger partial charge >= 0.3 is 24.2 Å². The normalized spacial score (nSPS) is 8.68. The molecule has 0 saturated carbocycles. The predicted molar refractivity (Wildman–Crippen MR) is 208 cm³/mol. The third-order valence-electron chi connectivity index (χ3n) is 3.86. The molecule has 0 aliphatic rings. The molecule has 0 aromatic heterocycles. The van der Waals surface area contributed by atoms with E-state index >= 15 is 0 Å². The van der Waals surface area contributed by atoms with Gasteiger partial charge in [-0.15, -0.1) is 0 Å². The van der Waals surface area contributed by atoms with Crippen molar-refractivity contribution in [2.75, 3.05) is 118 Å². The van der Waals surface area contributed by atoms with E-state index in [-0.39, 0.29) is 25.5 Å². The number of methoxy groups -OCH3 is 9. The van der Waals surface area contributed by atoms with Gasteiger partial charge in [0.2, 0.25) is 5.91 Å². The lowest BCUT2D eigenvalue weighted by atomic mass is 10.3. The van der Waals surface area contributed by atoms with Gasteiger partial charge in [0, 0.05) is 76.5 Å². The van der Waals surface area contributed by atoms with E-state index in [0.29, 0.717) is 51.8 Å². The van der Waals surface area contributed by atoms with Crippen LogP contribution in [0, 0.1) is 0 Å². The molecule has 0 radical (unpaired) electrons. The molecule has 24 nitrogen and oxygen atoms in total. The minimum Gasteiger partial charge on any atom is -0.480 e. The average molecular weight is 852 g/mol. The molecular weight excluding hydrogens is 774 g/mol. The minimum atomic E-state index is -0.933. The van der Waals surface area contributed by atoms with Crippen LogP contribution in [0.25, 0.3) is 0 Å². The highest BCUT2D eigenvalue weighted by Gasteiger charge is 1.99. The number of carbonyl (C=O) groups excluding carboxylic acids is 5. The van der Waals surface area contributed by atoms with E-state index in [1.54, 1.807) is 28.4 Å². The lowest BCUT2D eigenvalue weighted by molar-refractivity contribution is -0.145. The Bertz CT molecular complexity index is 743. The van der Waals surface area contributed by atoms with Crippen molar-refractivity contribution in [3.63, 3.8) is 0 Å². The Morgan fingerprint density at radius 2 is 1.19 bits per heavy atom. The fourth-order valence-corrected chi connectivity index (χ4v) is 1.43. The molecule has 0 aliphatic heterocycles. The summed E-state index contributed by atoms with van der Waals surface area (Å²) in [5.74, 6) is 2.86. The molecule has 0 rings (SSSR count). The number of carboxylic acids is 1. The van der Waals surface area contributed by atoms with Crippen LogP contribution in [0.1, 0.15) is 52.9 Å². The van der Waals surface area contributed by atoms with Gasteiger partial charge in [0.25, 0.3) is 6.47 Å². The number of aliphatic hydroxyl groups is 3. The molecule has 1 atom stereocenters. The Balaban J connectivity index is -0.0000000549. The Morgan fingerprint density at radius 1 is 0.754 bits per heavy atom. The van der Waals surface area contributed by atoms with Crippen LogP contribution in [-0.2, 0) is 71.4 Å². The summed E-state index contributed by atoms with van der Waals surface area (Å²) >= 11 is 0. The van der Waals surface area contributed by atoms with Gasteiger partial charge in [0.15, 0.2) is 0 Å². The van der Waals surface area contributed by atoms with Crippen molar-refractivity contribution in [3.05, 3.63) is 0 Å². The number of hydrogen-bond acceptors (Lipinski definition) is 21. The molecule has 0 heterocycles. The number of amides is 2. The third-order valence-corrected chi connectivity index (χ3v) is 3.86. The number of ether oxygens (including phenoxy) is 10. The van der Waals surface area contributed by atoms with Crippen LogP contribution >= 0.6 is 0 Å². The smallest absolute Gasteiger partial charge is 0.480 e. The zero-order valence-corrected chi connectivity index (χ0v) is 36.5. The molecule has 0 spiro atoms. The topological polar surface area (TPSA) is 363 Å². The van der Waals surface area contributed by atoms with Gasteiger partial charge in [-0.2, -0.15) is 5.90 Å². The van der Waals surface area contributed by atoms with E-state index in [4.69, 9.17) is 35.7 Å². The van der Waals surface area contributed by atoms with Crippen LogP contribution in [0.4, 0.5) is 9.59 Å².